The van der Waals surface area contributed by atoms with Crippen LogP contribution in [0.25, 0.3) is 0 Å². The molecule has 0 aliphatic carbocycles. The van der Waals surface area contributed by atoms with Crippen LogP contribution in [-0.2, 0) is 5.75 Å². The summed E-state index contributed by atoms with van der Waals surface area (Å²) in [5.74, 6) is 1.94. The summed E-state index contributed by atoms with van der Waals surface area (Å²) in [4.78, 5) is 0.587. The Kier molecular flexibility index (Phi) is 5.30. The van der Waals surface area contributed by atoms with E-state index in [0.717, 1.165) is 22.9 Å². The Labute approximate surface area is 99.0 Å². The molecule has 0 radical (unpaired) electrons. The van der Waals surface area contributed by atoms with Crippen LogP contribution in [0.15, 0.2) is 24.3 Å². The Balaban J connectivity index is 2.28. The second-order valence-corrected chi connectivity index (χ2v) is 4.96. The van der Waals surface area contributed by atoms with Crippen LogP contribution >= 0.6 is 35.6 Å². The molecule has 76 valence electrons. The van der Waals surface area contributed by atoms with Crippen molar-refractivity contribution in [3.63, 3.8) is 0 Å². The predicted octanol–water partition coefficient (Wildman–Crippen LogP) is 3.25. The van der Waals surface area contributed by atoms with Gasteiger partial charge in [0.25, 0.3) is 0 Å². The van der Waals surface area contributed by atoms with E-state index in [0.29, 0.717) is 4.99 Å². The molecule has 0 amide bonds. The van der Waals surface area contributed by atoms with E-state index >= 15 is 0 Å². The number of halogens is 1. The molecule has 0 unspecified atom stereocenters. The van der Waals surface area contributed by atoms with E-state index in [1.54, 1.807) is 0 Å². The van der Waals surface area contributed by atoms with E-state index in [4.69, 9.17) is 29.6 Å². The quantitative estimate of drug-likeness (QED) is 0.637. The molecule has 1 aromatic carbocycles. The highest BCUT2D eigenvalue weighted by atomic mass is 35.5. The molecule has 14 heavy (non-hydrogen) atoms. The van der Waals surface area contributed by atoms with Crippen LogP contribution in [0.4, 0.5) is 0 Å². The number of thiocarbonyl (C=S) groups is 1. The van der Waals surface area contributed by atoms with E-state index in [2.05, 4.69) is 6.07 Å². The summed E-state index contributed by atoms with van der Waals surface area (Å²) in [5, 5.41) is 0.789. The fourth-order valence-corrected chi connectivity index (χ4v) is 2.36. The smallest absolute Gasteiger partial charge is 0.0735 e. The van der Waals surface area contributed by atoms with Gasteiger partial charge in [0.1, 0.15) is 0 Å². The monoisotopic (exact) mass is 245 g/mol. The van der Waals surface area contributed by atoms with Gasteiger partial charge in [0.2, 0.25) is 0 Å². The summed E-state index contributed by atoms with van der Waals surface area (Å²) in [5.41, 5.74) is 6.63. The second-order valence-electron chi connectivity index (χ2n) is 2.90. The first-order valence-electron chi connectivity index (χ1n) is 4.29. The zero-order valence-corrected chi connectivity index (χ0v) is 10.1. The molecule has 2 N–H and O–H groups in total. The third kappa shape index (κ3) is 4.84. The first-order valence-corrected chi connectivity index (χ1v) is 6.23. The van der Waals surface area contributed by atoms with Crippen molar-refractivity contribution in [3.05, 3.63) is 34.9 Å². The zero-order chi connectivity index (χ0) is 10.4. The molecule has 1 rings (SSSR count). The summed E-state index contributed by atoms with van der Waals surface area (Å²) in [6.07, 6.45) is 0.806. The second kappa shape index (κ2) is 6.27. The lowest BCUT2D eigenvalue weighted by Gasteiger charge is -2.01. The maximum atomic E-state index is 5.86. The minimum absolute atomic E-state index is 0.587. The summed E-state index contributed by atoms with van der Waals surface area (Å²) in [6, 6.07) is 7.89. The van der Waals surface area contributed by atoms with Gasteiger partial charge in [0, 0.05) is 17.2 Å². The van der Waals surface area contributed by atoms with Gasteiger partial charge in [-0.25, -0.2) is 0 Å². The van der Waals surface area contributed by atoms with Crippen molar-refractivity contribution in [2.24, 2.45) is 5.73 Å². The number of hydrogen-bond acceptors (Lipinski definition) is 2. The van der Waals surface area contributed by atoms with E-state index in [-0.39, 0.29) is 0 Å². The van der Waals surface area contributed by atoms with Gasteiger partial charge in [0.15, 0.2) is 0 Å². The van der Waals surface area contributed by atoms with E-state index in [9.17, 15) is 0 Å². The van der Waals surface area contributed by atoms with Gasteiger partial charge in [-0.1, -0.05) is 36.0 Å². The molecular formula is C10H12ClNS2. The van der Waals surface area contributed by atoms with E-state index in [1.165, 1.54) is 5.56 Å². The summed E-state index contributed by atoms with van der Waals surface area (Å²) < 4.78 is 0. The molecule has 0 heterocycles. The molecule has 0 saturated heterocycles. The Morgan fingerprint density at radius 3 is 2.93 bits per heavy atom. The Morgan fingerprint density at radius 2 is 2.29 bits per heavy atom. The molecular weight excluding hydrogens is 234 g/mol. The average molecular weight is 246 g/mol. The lowest BCUT2D eigenvalue weighted by Crippen LogP contribution is -2.08. The molecule has 4 heteroatoms. The van der Waals surface area contributed by atoms with Crippen molar-refractivity contribution >= 4 is 40.6 Å². The van der Waals surface area contributed by atoms with Crippen molar-refractivity contribution in [3.8, 4) is 0 Å². The first kappa shape index (κ1) is 11.8. The van der Waals surface area contributed by atoms with Gasteiger partial charge < -0.3 is 5.73 Å². The average Bonchev–Trinajstić information content (AvgIpc) is 2.12. The van der Waals surface area contributed by atoms with Crippen LogP contribution in [-0.4, -0.2) is 10.7 Å². The van der Waals surface area contributed by atoms with Crippen LogP contribution in [0.3, 0.4) is 0 Å². The Hall–Kier alpha value is -0.250. The number of nitrogens with two attached hydrogens (primary N) is 1. The van der Waals surface area contributed by atoms with Crippen LogP contribution in [0.2, 0.25) is 5.02 Å². The van der Waals surface area contributed by atoms with Crippen molar-refractivity contribution < 1.29 is 0 Å². The highest BCUT2D eigenvalue weighted by Crippen LogP contribution is 2.16. The third-order valence-electron chi connectivity index (χ3n) is 1.65. The predicted molar refractivity (Wildman–Crippen MR) is 69.0 cm³/mol. The largest absolute Gasteiger partial charge is 0.393 e. The van der Waals surface area contributed by atoms with Crippen LogP contribution in [0.5, 0.6) is 0 Å². The number of hydrogen-bond donors (Lipinski definition) is 1. The molecule has 0 fully saturated rings. The van der Waals surface area contributed by atoms with E-state index < -0.39 is 0 Å². The zero-order valence-electron chi connectivity index (χ0n) is 7.70. The SMILES string of the molecule is NC(=S)CCSCc1cccc(Cl)c1. The Bertz CT molecular complexity index is 315. The molecule has 0 bridgehead atoms. The molecule has 0 aromatic heterocycles. The molecule has 0 spiro atoms. The van der Waals surface area contributed by atoms with Crippen molar-refractivity contribution in [2.75, 3.05) is 5.75 Å². The standard InChI is InChI=1S/C10H12ClNS2/c11-9-3-1-2-8(6-9)7-14-5-4-10(12)13/h1-3,6H,4-5,7H2,(H2,12,13). The van der Waals surface area contributed by atoms with E-state index in [1.807, 2.05) is 30.0 Å². The molecule has 0 saturated carbocycles. The minimum Gasteiger partial charge on any atom is -0.393 e. The lowest BCUT2D eigenvalue weighted by atomic mass is 10.2. The van der Waals surface area contributed by atoms with Gasteiger partial charge in [-0.05, 0) is 23.4 Å². The fraction of sp³-hybridized carbons (Fsp3) is 0.300. The highest BCUT2D eigenvalue weighted by Gasteiger charge is 1.95. The molecule has 0 aliphatic heterocycles. The number of benzene rings is 1. The maximum absolute atomic E-state index is 5.86. The van der Waals surface area contributed by atoms with Gasteiger partial charge >= 0.3 is 0 Å². The fourth-order valence-electron chi connectivity index (χ4n) is 0.990. The van der Waals surface area contributed by atoms with Gasteiger partial charge in [-0.15, -0.1) is 0 Å². The van der Waals surface area contributed by atoms with Crippen molar-refractivity contribution in [1.82, 2.24) is 0 Å². The highest BCUT2D eigenvalue weighted by molar-refractivity contribution is 7.98. The topological polar surface area (TPSA) is 26.0 Å². The minimum atomic E-state index is 0.587. The van der Waals surface area contributed by atoms with Crippen LogP contribution in [0, 0.1) is 0 Å². The lowest BCUT2D eigenvalue weighted by molar-refractivity contribution is 1.30. The molecule has 0 atom stereocenters. The van der Waals surface area contributed by atoms with Gasteiger partial charge in [0.05, 0.1) is 4.99 Å². The van der Waals surface area contributed by atoms with Gasteiger partial charge in [-0.3, -0.25) is 0 Å². The first-order chi connectivity index (χ1) is 6.68. The summed E-state index contributed by atoms with van der Waals surface area (Å²) in [7, 11) is 0. The third-order valence-corrected chi connectivity index (χ3v) is 3.12. The summed E-state index contributed by atoms with van der Waals surface area (Å²) >= 11 is 12.5. The van der Waals surface area contributed by atoms with Crippen LogP contribution < -0.4 is 5.73 Å². The summed E-state index contributed by atoms with van der Waals surface area (Å²) in [6.45, 7) is 0. The normalized spacial score (nSPS) is 10.1. The van der Waals surface area contributed by atoms with Crippen molar-refractivity contribution in [2.45, 2.75) is 12.2 Å². The maximum Gasteiger partial charge on any atom is 0.0735 e. The van der Waals surface area contributed by atoms with Crippen molar-refractivity contribution in [1.29, 1.82) is 0 Å². The number of rotatable bonds is 5. The molecule has 1 aromatic rings. The molecule has 1 nitrogen and oxygen atoms in total. The van der Waals surface area contributed by atoms with Gasteiger partial charge in [-0.2, -0.15) is 11.8 Å². The Morgan fingerprint density at radius 1 is 1.50 bits per heavy atom. The number of thioether (sulfide) groups is 1. The molecule has 0 aliphatic rings. The van der Waals surface area contributed by atoms with Crippen LogP contribution in [0.1, 0.15) is 12.0 Å².